The standard InChI is InChI=1S/C16H16N2O.BrH/c1-3-19-14-9-7-13(8-10-14)15-11-18-12(2)5-4-6-16(18)17-15;/h4-11H,3H2,1-2H3;1H/p-1. The second-order valence-electron chi connectivity index (χ2n) is 4.48. The summed E-state index contributed by atoms with van der Waals surface area (Å²) >= 11 is 0. The van der Waals surface area contributed by atoms with Gasteiger partial charge in [-0.15, -0.1) is 0 Å². The van der Waals surface area contributed by atoms with E-state index in [2.05, 4.69) is 28.6 Å². The van der Waals surface area contributed by atoms with Crippen molar-refractivity contribution in [2.45, 2.75) is 13.8 Å². The van der Waals surface area contributed by atoms with E-state index in [9.17, 15) is 0 Å². The second kappa shape index (κ2) is 6.09. The fraction of sp³-hybridized carbons (Fsp3) is 0.188. The van der Waals surface area contributed by atoms with Crippen LogP contribution in [0.1, 0.15) is 12.6 Å². The lowest BCUT2D eigenvalue weighted by Crippen LogP contribution is -3.00. The van der Waals surface area contributed by atoms with Gasteiger partial charge in [0.2, 0.25) is 0 Å². The molecular weight excluding hydrogens is 316 g/mol. The highest BCUT2D eigenvalue weighted by atomic mass is 79.9. The van der Waals surface area contributed by atoms with Crippen molar-refractivity contribution < 1.29 is 21.7 Å². The zero-order chi connectivity index (χ0) is 13.2. The lowest BCUT2D eigenvalue weighted by molar-refractivity contribution is -0.00000457. The van der Waals surface area contributed by atoms with E-state index < -0.39 is 0 Å². The Labute approximate surface area is 129 Å². The molecule has 0 aliphatic heterocycles. The first-order valence-corrected chi connectivity index (χ1v) is 6.46. The average Bonchev–Trinajstić information content (AvgIpc) is 2.85. The predicted molar refractivity (Wildman–Crippen MR) is 76.5 cm³/mol. The van der Waals surface area contributed by atoms with Gasteiger partial charge in [0.25, 0.3) is 0 Å². The minimum Gasteiger partial charge on any atom is -1.00 e. The molecular formula is C16H16BrN2O-. The molecule has 20 heavy (non-hydrogen) atoms. The van der Waals surface area contributed by atoms with Crippen LogP contribution in [0.4, 0.5) is 0 Å². The number of nitrogens with zero attached hydrogens (tertiary/aromatic N) is 2. The molecule has 3 rings (SSSR count). The van der Waals surface area contributed by atoms with Crippen LogP contribution in [0.25, 0.3) is 16.9 Å². The molecule has 0 aliphatic carbocycles. The first kappa shape index (κ1) is 14.6. The van der Waals surface area contributed by atoms with Gasteiger partial charge in [-0.1, -0.05) is 6.07 Å². The van der Waals surface area contributed by atoms with Gasteiger partial charge in [0.1, 0.15) is 11.4 Å². The number of aryl methyl sites for hydroxylation is 1. The number of hydrogen-bond donors (Lipinski definition) is 0. The Hall–Kier alpha value is -1.81. The van der Waals surface area contributed by atoms with Gasteiger partial charge in [-0.25, -0.2) is 4.98 Å². The fourth-order valence-corrected chi connectivity index (χ4v) is 2.18. The maximum Gasteiger partial charge on any atom is 0.137 e. The third kappa shape index (κ3) is 2.70. The molecule has 4 heteroatoms. The number of pyridine rings is 1. The van der Waals surface area contributed by atoms with Crippen molar-refractivity contribution >= 4 is 5.65 Å². The van der Waals surface area contributed by atoms with Gasteiger partial charge >= 0.3 is 0 Å². The molecule has 0 spiro atoms. The van der Waals surface area contributed by atoms with Crippen LogP contribution in [0.3, 0.4) is 0 Å². The molecule has 0 bridgehead atoms. The van der Waals surface area contributed by atoms with E-state index in [4.69, 9.17) is 4.74 Å². The van der Waals surface area contributed by atoms with Gasteiger partial charge in [0, 0.05) is 17.5 Å². The predicted octanol–water partition coefficient (Wildman–Crippen LogP) is 0.712. The van der Waals surface area contributed by atoms with Gasteiger partial charge in [-0.3, -0.25) is 0 Å². The molecule has 0 unspecified atom stereocenters. The van der Waals surface area contributed by atoms with Crippen molar-refractivity contribution in [2.24, 2.45) is 0 Å². The average molecular weight is 332 g/mol. The lowest BCUT2D eigenvalue weighted by atomic mass is 10.2. The molecule has 0 saturated heterocycles. The van der Waals surface area contributed by atoms with E-state index in [1.807, 2.05) is 43.3 Å². The summed E-state index contributed by atoms with van der Waals surface area (Å²) in [4.78, 5) is 4.64. The number of imidazole rings is 1. The summed E-state index contributed by atoms with van der Waals surface area (Å²) in [6.45, 7) is 4.75. The molecule has 104 valence electrons. The zero-order valence-corrected chi connectivity index (χ0v) is 13.1. The van der Waals surface area contributed by atoms with Crippen LogP contribution in [0.15, 0.2) is 48.7 Å². The quantitative estimate of drug-likeness (QED) is 0.706. The first-order valence-electron chi connectivity index (χ1n) is 6.46. The van der Waals surface area contributed by atoms with Gasteiger partial charge in [0.05, 0.1) is 12.3 Å². The maximum atomic E-state index is 5.45. The molecule has 2 heterocycles. The van der Waals surface area contributed by atoms with Crippen LogP contribution < -0.4 is 21.7 Å². The van der Waals surface area contributed by atoms with Crippen LogP contribution in [0, 0.1) is 6.92 Å². The molecule has 1 aromatic carbocycles. The van der Waals surface area contributed by atoms with Crippen molar-refractivity contribution in [3.05, 3.63) is 54.4 Å². The summed E-state index contributed by atoms with van der Waals surface area (Å²) in [7, 11) is 0. The number of rotatable bonds is 3. The van der Waals surface area contributed by atoms with Gasteiger partial charge in [-0.2, -0.15) is 0 Å². The Morgan fingerprint density at radius 1 is 1.10 bits per heavy atom. The number of fused-ring (bicyclic) bond motifs is 1. The van der Waals surface area contributed by atoms with E-state index in [0.717, 1.165) is 22.7 Å². The summed E-state index contributed by atoms with van der Waals surface area (Å²) in [6, 6.07) is 14.2. The number of hydrogen-bond acceptors (Lipinski definition) is 2. The summed E-state index contributed by atoms with van der Waals surface area (Å²) in [5.74, 6) is 0.895. The monoisotopic (exact) mass is 331 g/mol. The van der Waals surface area contributed by atoms with E-state index in [1.54, 1.807) is 0 Å². The highest BCUT2D eigenvalue weighted by molar-refractivity contribution is 5.63. The summed E-state index contributed by atoms with van der Waals surface area (Å²) in [5.41, 5.74) is 4.25. The molecule has 3 nitrogen and oxygen atoms in total. The molecule has 0 N–H and O–H groups in total. The summed E-state index contributed by atoms with van der Waals surface area (Å²) in [5, 5.41) is 0. The SMILES string of the molecule is CCOc1ccc(-c2cn3c(C)cccc3n2)cc1.[Br-]. The number of aromatic nitrogens is 2. The molecule has 0 saturated carbocycles. The Morgan fingerprint density at radius 3 is 2.50 bits per heavy atom. The largest absolute Gasteiger partial charge is 1.00 e. The van der Waals surface area contributed by atoms with Gasteiger partial charge in [0.15, 0.2) is 0 Å². The molecule has 2 aromatic heterocycles. The highest BCUT2D eigenvalue weighted by Crippen LogP contribution is 2.22. The van der Waals surface area contributed by atoms with Crippen LogP contribution in [0.5, 0.6) is 5.75 Å². The number of benzene rings is 1. The minimum absolute atomic E-state index is 0. The lowest BCUT2D eigenvalue weighted by Gasteiger charge is -2.02. The minimum atomic E-state index is 0. The number of ether oxygens (including phenoxy) is 1. The Kier molecular flexibility index (Phi) is 4.45. The Morgan fingerprint density at radius 2 is 1.85 bits per heavy atom. The van der Waals surface area contributed by atoms with Crippen LogP contribution in [0.2, 0.25) is 0 Å². The molecule has 0 fully saturated rings. The van der Waals surface area contributed by atoms with E-state index >= 15 is 0 Å². The van der Waals surface area contributed by atoms with E-state index in [-0.39, 0.29) is 17.0 Å². The van der Waals surface area contributed by atoms with Crippen molar-refractivity contribution in [1.29, 1.82) is 0 Å². The number of halogens is 1. The first-order chi connectivity index (χ1) is 9.28. The van der Waals surface area contributed by atoms with E-state index in [1.165, 1.54) is 5.69 Å². The molecule has 0 aliphatic rings. The van der Waals surface area contributed by atoms with Crippen molar-refractivity contribution in [3.8, 4) is 17.0 Å². The normalized spacial score (nSPS) is 10.3. The molecule has 0 atom stereocenters. The van der Waals surface area contributed by atoms with Gasteiger partial charge in [-0.05, 0) is 50.2 Å². The molecule has 0 amide bonds. The summed E-state index contributed by atoms with van der Waals surface area (Å²) in [6.07, 6.45) is 2.07. The highest BCUT2D eigenvalue weighted by Gasteiger charge is 2.05. The van der Waals surface area contributed by atoms with Crippen LogP contribution >= 0.6 is 0 Å². The topological polar surface area (TPSA) is 26.5 Å². The smallest absolute Gasteiger partial charge is 0.137 e. The van der Waals surface area contributed by atoms with Gasteiger partial charge < -0.3 is 26.1 Å². The Balaban J connectivity index is 0.00000147. The maximum absolute atomic E-state index is 5.45. The third-order valence-electron chi connectivity index (χ3n) is 3.16. The van der Waals surface area contributed by atoms with Crippen molar-refractivity contribution in [1.82, 2.24) is 9.38 Å². The van der Waals surface area contributed by atoms with Crippen molar-refractivity contribution in [2.75, 3.05) is 6.61 Å². The second-order valence-corrected chi connectivity index (χ2v) is 4.48. The molecule has 0 radical (unpaired) electrons. The van der Waals surface area contributed by atoms with Crippen LogP contribution in [-0.4, -0.2) is 16.0 Å². The van der Waals surface area contributed by atoms with Crippen molar-refractivity contribution in [3.63, 3.8) is 0 Å². The Bertz CT molecular complexity index is 704. The van der Waals surface area contributed by atoms with Crippen LogP contribution in [-0.2, 0) is 0 Å². The zero-order valence-electron chi connectivity index (χ0n) is 11.5. The summed E-state index contributed by atoms with van der Waals surface area (Å²) < 4.78 is 7.55. The third-order valence-corrected chi connectivity index (χ3v) is 3.16. The molecule has 3 aromatic rings. The van der Waals surface area contributed by atoms with E-state index in [0.29, 0.717) is 6.61 Å². The fourth-order valence-electron chi connectivity index (χ4n) is 2.18.